The van der Waals surface area contributed by atoms with Gasteiger partial charge in [-0.15, -0.1) is 12.4 Å². The number of anilines is 1. The van der Waals surface area contributed by atoms with Gasteiger partial charge in [0.1, 0.15) is 5.54 Å². The number of hydrogen-bond donors (Lipinski definition) is 2. The molecule has 1 saturated carbocycles. The second-order valence-corrected chi connectivity index (χ2v) is 6.43. The molecule has 0 saturated heterocycles. The van der Waals surface area contributed by atoms with E-state index in [-0.39, 0.29) is 24.4 Å². The molecule has 2 atom stereocenters. The Labute approximate surface area is 144 Å². The van der Waals surface area contributed by atoms with Crippen molar-refractivity contribution >= 4 is 24.0 Å². The van der Waals surface area contributed by atoms with Gasteiger partial charge < -0.3 is 20.5 Å². The van der Waals surface area contributed by atoms with E-state index in [4.69, 9.17) is 15.2 Å². The summed E-state index contributed by atoms with van der Waals surface area (Å²) in [5.74, 6) is -0.164. The van der Waals surface area contributed by atoms with Crippen LogP contribution in [0.5, 0.6) is 0 Å². The third-order valence-corrected chi connectivity index (χ3v) is 4.73. The maximum absolute atomic E-state index is 12.6. The maximum Gasteiger partial charge on any atom is 0.245 e. The van der Waals surface area contributed by atoms with Crippen LogP contribution in [-0.2, 0) is 20.9 Å². The topological polar surface area (TPSA) is 73.6 Å². The van der Waals surface area contributed by atoms with E-state index in [0.717, 1.165) is 11.3 Å². The van der Waals surface area contributed by atoms with E-state index >= 15 is 0 Å². The summed E-state index contributed by atoms with van der Waals surface area (Å²) in [5, 5.41) is 2.93. The number of benzene rings is 1. The third-order valence-electron chi connectivity index (χ3n) is 4.73. The summed E-state index contributed by atoms with van der Waals surface area (Å²) in [6.45, 7) is 7.06. The number of carbonyl (C=O) groups excluding carboxylic acids is 1. The van der Waals surface area contributed by atoms with Crippen LogP contribution < -0.4 is 11.1 Å². The first-order valence-electron chi connectivity index (χ1n) is 7.65. The van der Waals surface area contributed by atoms with Crippen LogP contribution in [0.15, 0.2) is 24.3 Å². The first-order valence-corrected chi connectivity index (χ1v) is 7.65. The number of rotatable bonds is 6. The molecule has 130 valence electrons. The number of amides is 1. The average molecular weight is 343 g/mol. The molecule has 6 heteroatoms. The van der Waals surface area contributed by atoms with Crippen LogP contribution in [0.25, 0.3) is 0 Å². The van der Waals surface area contributed by atoms with E-state index in [1.807, 2.05) is 45.0 Å². The summed E-state index contributed by atoms with van der Waals surface area (Å²) < 4.78 is 10.8. The highest BCUT2D eigenvalue weighted by molar-refractivity contribution is 5.99. The normalized spacial score (nSPS) is 25.2. The fourth-order valence-electron chi connectivity index (χ4n) is 2.97. The summed E-state index contributed by atoms with van der Waals surface area (Å²) >= 11 is 0. The molecule has 1 aliphatic rings. The van der Waals surface area contributed by atoms with Crippen molar-refractivity contribution in [2.75, 3.05) is 19.0 Å². The van der Waals surface area contributed by atoms with E-state index in [9.17, 15) is 4.79 Å². The molecule has 2 rings (SSSR count). The second-order valence-electron chi connectivity index (χ2n) is 6.43. The molecule has 1 aromatic rings. The van der Waals surface area contributed by atoms with Gasteiger partial charge >= 0.3 is 0 Å². The minimum absolute atomic E-state index is 0. The van der Waals surface area contributed by atoms with Crippen molar-refractivity contribution in [2.24, 2.45) is 11.1 Å². The number of carbonyl (C=O) groups is 1. The summed E-state index contributed by atoms with van der Waals surface area (Å²) in [4.78, 5) is 12.6. The standard InChI is InChI=1S/C17H26N2O3.ClH/c1-5-22-14-10-17(18,16(14,2)3)15(20)19-13-8-6-7-12(9-13)11-21-4;/h6-9,14H,5,10-11,18H2,1-4H3,(H,19,20);1H. The molecule has 2 unspecified atom stereocenters. The number of hydrogen-bond acceptors (Lipinski definition) is 4. The second kappa shape index (κ2) is 7.62. The monoisotopic (exact) mass is 342 g/mol. The lowest BCUT2D eigenvalue weighted by Gasteiger charge is -2.57. The molecule has 3 N–H and O–H groups in total. The molecular formula is C17H27ClN2O3. The third kappa shape index (κ3) is 3.69. The zero-order valence-corrected chi connectivity index (χ0v) is 15.0. The molecule has 1 amide bonds. The fourth-order valence-corrected chi connectivity index (χ4v) is 2.97. The minimum atomic E-state index is -0.913. The quantitative estimate of drug-likeness (QED) is 0.833. The summed E-state index contributed by atoms with van der Waals surface area (Å²) in [5.41, 5.74) is 6.81. The van der Waals surface area contributed by atoms with Crippen molar-refractivity contribution in [3.8, 4) is 0 Å². The van der Waals surface area contributed by atoms with Crippen LogP contribution in [0.4, 0.5) is 5.69 Å². The molecule has 0 radical (unpaired) electrons. The summed E-state index contributed by atoms with van der Waals surface area (Å²) in [7, 11) is 1.64. The van der Waals surface area contributed by atoms with Crippen LogP contribution in [-0.4, -0.2) is 31.3 Å². The van der Waals surface area contributed by atoms with Gasteiger partial charge in [-0.3, -0.25) is 4.79 Å². The first-order chi connectivity index (χ1) is 10.3. The lowest BCUT2D eigenvalue weighted by molar-refractivity contribution is -0.166. The van der Waals surface area contributed by atoms with E-state index in [0.29, 0.717) is 19.6 Å². The molecule has 1 aliphatic carbocycles. The highest BCUT2D eigenvalue weighted by Gasteiger charge is 2.62. The molecule has 0 aliphatic heterocycles. The molecule has 0 aromatic heterocycles. The maximum atomic E-state index is 12.6. The van der Waals surface area contributed by atoms with Gasteiger partial charge in [0.25, 0.3) is 0 Å². The average Bonchev–Trinajstić information content (AvgIpc) is 2.47. The van der Waals surface area contributed by atoms with Gasteiger partial charge in [-0.05, 0) is 24.6 Å². The zero-order valence-electron chi connectivity index (χ0n) is 14.2. The van der Waals surface area contributed by atoms with E-state index < -0.39 is 11.0 Å². The highest BCUT2D eigenvalue weighted by Crippen LogP contribution is 2.50. The van der Waals surface area contributed by atoms with Crippen LogP contribution in [0.2, 0.25) is 0 Å². The molecule has 5 nitrogen and oxygen atoms in total. The number of halogens is 1. The van der Waals surface area contributed by atoms with E-state index in [1.54, 1.807) is 7.11 Å². The van der Waals surface area contributed by atoms with Crippen molar-refractivity contribution < 1.29 is 14.3 Å². The fraction of sp³-hybridized carbons (Fsp3) is 0.588. The Bertz CT molecular complexity index is 550. The summed E-state index contributed by atoms with van der Waals surface area (Å²) in [6, 6.07) is 7.60. The van der Waals surface area contributed by atoms with Crippen molar-refractivity contribution in [3.63, 3.8) is 0 Å². The molecule has 0 heterocycles. The lowest BCUT2D eigenvalue weighted by atomic mass is 9.54. The molecular weight excluding hydrogens is 316 g/mol. The lowest BCUT2D eigenvalue weighted by Crippen LogP contribution is -2.74. The Balaban J connectivity index is 0.00000264. The van der Waals surface area contributed by atoms with E-state index in [1.165, 1.54) is 0 Å². The number of nitrogens with one attached hydrogen (secondary N) is 1. The molecule has 0 spiro atoms. The smallest absolute Gasteiger partial charge is 0.245 e. The van der Waals surface area contributed by atoms with Crippen LogP contribution >= 0.6 is 12.4 Å². The molecule has 23 heavy (non-hydrogen) atoms. The Morgan fingerprint density at radius 2 is 2.13 bits per heavy atom. The van der Waals surface area contributed by atoms with Crippen molar-refractivity contribution in [1.29, 1.82) is 0 Å². The number of ether oxygens (including phenoxy) is 2. The van der Waals surface area contributed by atoms with Crippen LogP contribution in [0.3, 0.4) is 0 Å². The molecule has 1 fully saturated rings. The van der Waals surface area contributed by atoms with Gasteiger partial charge in [-0.2, -0.15) is 0 Å². The largest absolute Gasteiger partial charge is 0.380 e. The van der Waals surface area contributed by atoms with Crippen molar-refractivity contribution in [2.45, 2.75) is 45.4 Å². The predicted molar refractivity (Wildman–Crippen MR) is 93.8 cm³/mol. The van der Waals surface area contributed by atoms with Crippen molar-refractivity contribution in [3.05, 3.63) is 29.8 Å². The van der Waals surface area contributed by atoms with Crippen LogP contribution in [0.1, 0.15) is 32.8 Å². The number of methoxy groups -OCH3 is 1. The van der Waals surface area contributed by atoms with Gasteiger partial charge in [0.15, 0.2) is 0 Å². The Morgan fingerprint density at radius 3 is 2.70 bits per heavy atom. The Morgan fingerprint density at radius 1 is 1.43 bits per heavy atom. The van der Waals surface area contributed by atoms with Crippen molar-refractivity contribution in [1.82, 2.24) is 0 Å². The van der Waals surface area contributed by atoms with Gasteiger partial charge in [0, 0.05) is 31.2 Å². The first kappa shape index (κ1) is 19.9. The number of nitrogens with two attached hydrogens (primary N) is 1. The van der Waals surface area contributed by atoms with E-state index in [2.05, 4.69) is 5.32 Å². The van der Waals surface area contributed by atoms with Gasteiger partial charge in [0.05, 0.1) is 12.7 Å². The highest BCUT2D eigenvalue weighted by atomic mass is 35.5. The molecule has 1 aromatic carbocycles. The van der Waals surface area contributed by atoms with Gasteiger partial charge in [-0.1, -0.05) is 26.0 Å². The van der Waals surface area contributed by atoms with Gasteiger partial charge in [-0.25, -0.2) is 0 Å². The minimum Gasteiger partial charge on any atom is -0.380 e. The predicted octanol–water partition coefficient (Wildman–Crippen LogP) is 2.73. The SMILES string of the molecule is CCOC1CC(N)(C(=O)Nc2cccc(COC)c2)C1(C)C.Cl. The summed E-state index contributed by atoms with van der Waals surface area (Å²) in [6.07, 6.45) is 0.560. The zero-order chi connectivity index (χ0) is 16.4. The Kier molecular flexibility index (Phi) is 6.59. The molecule has 0 bridgehead atoms. The Hall–Kier alpha value is -1.14. The van der Waals surface area contributed by atoms with Gasteiger partial charge in [0.2, 0.25) is 5.91 Å². The van der Waals surface area contributed by atoms with Crippen LogP contribution in [0, 0.1) is 5.41 Å².